The highest BCUT2D eigenvalue weighted by atomic mass is 79.9. The third kappa shape index (κ3) is 3.66. The normalized spacial score (nSPS) is 22.3. The van der Waals surface area contributed by atoms with Gasteiger partial charge in [0.15, 0.2) is 0 Å². The number of carbonyl (C=O) groups is 1. The Balaban J connectivity index is 1.98. The lowest BCUT2D eigenvalue weighted by Gasteiger charge is -2.13. The van der Waals surface area contributed by atoms with Crippen molar-refractivity contribution in [2.45, 2.75) is 30.6 Å². The summed E-state index contributed by atoms with van der Waals surface area (Å²) in [6.45, 7) is 0. The van der Waals surface area contributed by atoms with Crippen molar-refractivity contribution in [2.24, 2.45) is 0 Å². The van der Waals surface area contributed by atoms with E-state index >= 15 is 0 Å². The number of benzene rings is 1. The minimum Gasteiger partial charge on any atom is -0.496 e. The molecule has 0 aliphatic heterocycles. The molecule has 0 aromatic heterocycles. The first-order valence-corrected chi connectivity index (χ1v) is 8.39. The van der Waals surface area contributed by atoms with Crippen molar-refractivity contribution in [2.75, 3.05) is 13.4 Å². The van der Waals surface area contributed by atoms with Crippen molar-refractivity contribution < 1.29 is 9.53 Å². The van der Waals surface area contributed by atoms with Crippen LogP contribution in [0.2, 0.25) is 0 Å². The van der Waals surface area contributed by atoms with Gasteiger partial charge in [-0.05, 0) is 59.6 Å². The van der Waals surface area contributed by atoms with Crippen LogP contribution in [-0.4, -0.2) is 30.6 Å². The van der Waals surface area contributed by atoms with Crippen LogP contribution >= 0.6 is 27.7 Å². The van der Waals surface area contributed by atoms with Gasteiger partial charge in [-0.25, -0.2) is 0 Å². The van der Waals surface area contributed by atoms with Crippen LogP contribution in [-0.2, 0) is 0 Å². The Morgan fingerprint density at radius 1 is 1.47 bits per heavy atom. The van der Waals surface area contributed by atoms with E-state index in [2.05, 4.69) is 27.5 Å². The van der Waals surface area contributed by atoms with Gasteiger partial charge in [-0.3, -0.25) is 4.79 Å². The van der Waals surface area contributed by atoms with Crippen LogP contribution in [0.3, 0.4) is 0 Å². The number of amides is 1. The molecule has 1 aromatic rings. The number of carbonyl (C=O) groups excluding carboxylic acids is 1. The molecule has 0 saturated heterocycles. The summed E-state index contributed by atoms with van der Waals surface area (Å²) in [7, 11) is 1.61. The average molecular weight is 344 g/mol. The van der Waals surface area contributed by atoms with Gasteiger partial charge in [-0.15, -0.1) is 0 Å². The number of nitrogens with one attached hydrogen (secondary N) is 1. The first kappa shape index (κ1) is 14.7. The molecule has 0 bridgehead atoms. The topological polar surface area (TPSA) is 38.3 Å². The van der Waals surface area contributed by atoms with Crippen molar-refractivity contribution in [3.05, 3.63) is 28.2 Å². The van der Waals surface area contributed by atoms with Crippen LogP contribution in [0.4, 0.5) is 0 Å². The molecule has 1 aliphatic carbocycles. The van der Waals surface area contributed by atoms with Crippen LogP contribution in [0.25, 0.3) is 0 Å². The maximum absolute atomic E-state index is 12.2. The lowest BCUT2D eigenvalue weighted by Crippen LogP contribution is -2.33. The summed E-state index contributed by atoms with van der Waals surface area (Å²) >= 11 is 5.29. The first-order valence-electron chi connectivity index (χ1n) is 6.31. The number of hydrogen-bond acceptors (Lipinski definition) is 3. The monoisotopic (exact) mass is 343 g/mol. The van der Waals surface area contributed by atoms with Gasteiger partial charge in [-0.1, -0.05) is 0 Å². The van der Waals surface area contributed by atoms with Crippen LogP contribution in [0, 0.1) is 0 Å². The lowest BCUT2D eigenvalue weighted by atomic mass is 10.1. The van der Waals surface area contributed by atoms with E-state index in [0.717, 1.165) is 23.1 Å². The van der Waals surface area contributed by atoms with Crippen molar-refractivity contribution in [1.29, 1.82) is 0 Å². The Hall–Kier alpha value is -0.680. The number of thioether (sulfide) groups is 1. The van der Waals surface area contributed by atoms with Gasteiger partial charge in [0, 0.05) is 16.9 Å². The maximum Gasteiger partial charge on any atom is 0.251 e. The summed E-state index contributed by atoms with van der Waals surface area (Å²) in [5, 5.41) is 3.80. The smallest absolute Gasteiger partial charge is 0.251 e. The molecule has 0 radical (unpaired) electrons. The highest BCUT2D eigenvalue weighted by Gasteiger charge is 2.25. The van der Waals surface area contributed by atoms with E-state index in [1.807, 2.05) is 11.8 Å². The molecule has 2 unspecified atom stereocenters. The Morgan fingerprint density at radius 2 is 2.26 bits per heavy atom. The molecule has 1 aromatic carbocycles. The fourth-order valence-electron chi connectivity index (χ4n) is 2.36. The third-order valence-corrected chi connectivity index (χ3v) is 5.18. The average Bonchev–Trinajstić information content (AvgIpc) is 2.86. The Bertz CT molecular complexity index is 467. The summed E-state index contributed by atoms with van der Waals surface area (Å²) in [5.74, 6) is 0.731. The Labute approximate surface area is 126 Å². The fourth-order valence-corrected chi connectivity index (χ4v) is 3.70. The second-order valence-electron chi connectivity index (χ2n) is 4.69. The summed E-state index contributed by atoms with van der Waals surface area (Å²) < 4.78 is 5.96. The molecule has 0 heterocycles. The number of ether oxygens (including phenoxy) is 1. The summed E-state index contributed by atoms with van der Waals surface area (Å²) in [5.41, 5.74) is 0.667. The zero-order chi connectivity index (χ0) is 13.8. The van der Waals surface area contributed by atoms with E-state index in [1.165, 1.54) is 6.42 Å². The SMILES string of the molecule is COc1ccc(C(=O)NC2CCC(SC)C2)cc1Br. The molecule has 3 nitrogen and oxygen atoms in total. The molecular weight excluding hydrogens is 326 g/mol. The van der Waals surface area contributed by atoms with E-state index in [0.29, 0.717) is 16.9 Å². The quantitative estimate of drug-likeness (QED) is 0.909. The molecule has 1 aliphatic rings. The minimum absolute atomic E-state index is 0.00453. The van der Waals surface area contributed by atoms with Crippen LogP contribution < -0.4 is 10.1 Å². The van der Waals surface area contributed by atoms with E-state index in [4.69, 9.17) is 4.74 Å². The van der Waals surface area contributed by atoms with Gasteiger partial charge >= 0.3 is 0 Å². The van der Waals surface area contributed by atoms with Gasteiger partial charge in [0.25, 0.3) is 5.91 Å². The predicted molar refractivity (Wildman–Crippen MR) is 83.1 cm³/mol. The van der Waals surface area contributed by atoms with Gasteiger partial charge in [0.05, 0.1) is 11.6 Å². The van der Waals surface area contributed by atoms with Gasteiger partial charge in [0.2, 0.25) is 0 Å². The second-order valence-corrected chi connectivity index (χ2v) is 6.68. The molecule has 0 spiro atoms. The zero-order valence-corrected chi connectivity index (χ0v) is 13.5. The largest absolute Gasteiger partial charge is 0.496 e. The molecule has 1 N–H and O–H groups in total. The summed E-state index contributed by atoms with van der Waals surface area (Å²) in [6, 6.07) is 5.71. The molecule has 1 fully saturated rings. The number of halogens is 1. The third-order valence-electron chi connectivity index (χ3n) is 3.47. The molecule has 2 rings (SSSR count). The first-order chi connectivity index (χ1) is 9.13. The van der Waals surface area contributed by atoms with E-state index in [9.17, 15) is 4.79 Å². The van der Waals surface area contributed by atoms with Crippen molar-refractivity contribution >= 4 is 33.6 Å². The van der Waals surface area contributed by atoms with E-state index < -0.39 is 0 Å². The second kappa shape index (κ2) is 6.66. The van der Waals surface area contributed by atoms with E-state index in [1.54, 1.807) is 25.3 Å². The van der Waals surface area contributed by atoms with Gasteiger partial charge in [0.1, 0.15) is 5.75 Å². The van der Waals surface area contributed by atoms with Crippen LogP contribution in [0.5, 0.6) is 5.75 Å². The van der Waals surface area contributed by atoms with Crippen molar-refractivity contribution in [1.82, 2.24) is 5.32 Å². The Morgan fingerprint density at radius 3 is 2.84 bits per heavy atom. The molecule has 2 atom stereocenters. The zero-order valence-electron chi connectivity index (χ0n) is 11.1. The standard InChI is InChI=1S/C14H18BrNO2S/c1-18-13-6-3-9(7-12(13)15)14(17)16-10-4-5-11(8-10)19-2/h3,6-7,10-11H,4-5,8H2,1-2H3,(H,16,17). The van der Waals surface area contributed by atoms with Gasteiger partial charge in [-0.2, -0.15) is 11.8 Å². The minimum atomic E-state index is -0.00453. The highest BCUT2D eigenvalue weighted by Crippen LogP contribution is 2.29. The number of rotatable bonds is 4. The molecule has 5 heteroatoms. The molecular formula is C14H18BrNO2S. The predicted octanol–water partition coefficient (Wildman–Crippen LogP) is 3.47. The number of hydrogen-bond donors (Lipinski definition) is 1. The van der Waals surface area contributed by atoms with Crippen molar-refractivity contribution in [3.8, 4) is 5.75 Å². The summed E-state index contributed by atoms with van der Waals surface area (Å²) in [4.78, 5) is 12.2. The number of methoxy groups -OCH3 is 1. The fraction of sp³-hybridized carbons (Fsp3) is 0.500. The van der Waals surface area contributed by atoms with Crippen LogP contribution in [0.1, 0.15) is 29.6 Å². The molecule has 104 valence electrons. The van der Waals surface area contributed by atoms with Crippen molar-refractivity contribution in [3.63, 3.8) is 0 Å². The lowest BCUT2D eigenvalue weighted by molar-refractivity contribution is 0.0938. The molecule has 1 saturated carbocycles. The Kier molecular flexibility index (Phi) is 5.16. The van der Waals surface area contributed by atoms with E-state index in [-0.39, 0.29) is 5.91 Å². The summed E-state index contributed by atoms with van der Waals surface area (Å²) in [6.07, 6.45) is 5.48. The van der Waals surface area contributed by atoms with Crippen LogP contribution in [0.15, 0.2) is 22.7 Å². The molecule has 1 amide bonds. The highest BCUT2D eigenvalue weighted by molar-refractivity contribution is 9.10. The van der Waals surface area contributed by atoms with Gasteiger partial charge < -0.3 is 10.1 Å². The molecule has 19 heavy (non-hydrogen) atoms. The maximum atomic E-state index is 12.2.